The van der Waals surface area contributed by atoms with Crippen molar-refractivity contribution in [3.63, 3.8) is 0 Å². The van der Waals surface area contributed by atoms with Gasteiger partial charge in [0.25, 0.3) is 0 Å². The second-order valence-electron chi connectivity index (χ2n) is 6.78. The lowest BCUT2D eigenvalue weighted by Gasteiger charge is -2.12. The smallest absolute Gasteiger partial charge is 0.232 e. The largest absolute Gasteiger partial charge is 0.484 e. The lowest BCUT2D eigenvalue weighted by Crippen LogP contribution is -1.98. The predicted octanol–water partition coefficient (Wildman–Crippen LogP) is 5.62. The predicted molar refractivity (Wildman–Crippen MR) is 109 cm³/mol. The molecule has 5 heteroatoms. The van der Waals surface area contributed by atoms with E-state index in [4.69, 9.17) is 18.6 Å². The first-order chi connectivity index (χ1) is 14.3. The molecule has 144 valence electrons. The van der Waals surface area contributed by atoms with Crippen LogP contribution in [0.15, 0.2) is 77.4 Å². The van der Waals surface area contributed by atoms with Crippen molar-refractivity contribution in [3.8, 4) is 39.6 Å². The molecule has 1 aromatic heterocycles. The summed E-state index contributed by atoms with van der Waals surface area (Å²) in [6.45, 7) is 2.57. The van der Waals surface area contributed by atoms with E-state index in [1.807, 2.05) is 67.6 Å². The van der Waals surface area contributed by atoms with Crippen molar-refractivity contribution < 1.29 is 18.6 Å². The zero-order valence-corrected chi connectivity index (χ0v) is 15.9. The molecule has 29 heavy (non-hydrogen) atoms. The molecule has 0 aliphatic carbocycles. The van der Waals surface area contributed by atoms with Crippen LogP contribution in [0.4, 0.5) is 0 Å². The SMILES string of the molecule is Cc1c(OCc2nc(-c3ccccc3)co2)cccc1-c1ccc2c(c1)OCO2. The normalized spacial score (nSPS) is 12.2. The van der Waals surface area contributed by atoms with Gasteiger partial charge in [-0.15, -0.1) is 0 Å². The summed E-state index contributed by atoms with van der Waals surface area (Å²) in [6.07, 6.45) is 1.66. The summed E-state index contributed by atoms with van der Waals surface area (Å²) in [5.41, 5.74) is 5.00. The van der Waals surface area contributed by atoms with E-state index in [1.54, 1.807) is 6.26 Å². The van der Waals surface area contributed by atoms with Crippen LogP contribution in [0.2, 0.25) is 0 Å². The van der Waals surface area contributed by atoms with E-state index in [2.05, 4.69) is 11.1 Å². The lowest BCUT2D eigenvalue weighted by atomic mass is 9.99. The Labute approximate surface area is 168 Å². The molecule has 3 aromatic carbocycles. The minimum Gasteiger partial charge on any atom is -0.484 e. The number of hydrogen-bond acceptors (Lipinski definition) is 5. The Morgan fingerprint density at radius 1 is 0.897 bits per heavy atom. The molecular formula is C24H19NO4. The van der Waals surface area contributed by atoms with Gasteiger partial charge in [-0.3, -0.25) is 0 Å². The number of fused-ring (bicyclic) bond motifs is 1. The van der Waals surface area contributed by atoms with Crippen LogP contribution in [-0.4, -0.2) is 11.8 Å². The summed E-state index contributed by atoms with van der Waals surface area (Å²) in [4.78, 5) is 4.52. The summed E-state index contributed by atoms with van der Waals surface area (Å²) < 4.78 is 22.5. The van der Waals surface area contributed by atoms with Gasteiger partial charge in [0.1, 0.15) is 17.7 Å². The molecule has 0 bridgehead atoms. The highest BCUT2D eigenvalue weighted by atomic mass is 16.7. The second kappa shape index (κ2) is 7.36. The molecule has 0 radical (unpaired) electrons. The van der Waals surface area contributed by atoms with Gasteiger partial charge in [0, 0.05) is 5.56 Å². The average Bonchev–Trinajstić information content (AvgIpc) is 3.43. The fourth-order valence-corrected chi connectivity index (χ4v) is 3.41. The first kappa shape index (κ1) is 17.4. The Balaban J connectivity index is 1.35. The third-order valence-electron chi connectivity index (χ3n) is 4.94. The quantitative estimate of drug-likeness (QED) is 0.446. The fourth-order valence-electron chi connectivity index (χ4n) is 3.41. The highest BCUT2D eigenvalue weighted by Crippen LogP contribution is 2.38. The molecule has 0 unspecified atom stereocenters. The van der Waals surface area contributed by atoms with Crippen molar-refractivity contribution in [1.29, 1.82) is 0 Å². The Hall–Kier alpha value is -3.73. The number of nitrogens with zero attached hydrogens (tertiary/aromatic N) is 1. The zero-order chi connectivity index (χ0) is 19.6. The molecule has 1 aliphatic rings. The molecular weight excluding hydrogens is 366 g/mol. The molecule has 0 fully saturated rings. The maximum Gasteiger partial charge on any atom is 0.232 e. The van der Waals surface area contributed by atoms with Gasteiger partial charge in [0.15, 0.2) is 18.1 Å². The van der Waals surface area contributed by atoms with Crippen molar-refractivity contribution in [1.82, 2.24) is 4.98 Å². The van der Waals surface area contributed by atoms with E-state index in [9.17, 15) is 0 Å². The van der Waals surface area contributed by atoms with E-state index < -0.39 is 0 Å². The minimum absolute atomic E-state index is 0.262. The molecule has 1 aliphatic heterocycles. The number of rotatable bonds is 5. The van der Waals surface area contributed by atoms with Crippen LogP contribution >= 0.6 is 0 Å². The van der Waals surface area contributed by atoms with Gasteiger partial charge in [0.05, 0.1) is 0 Å². The van der Waals surface area contributed by atoms with Crippen molar-refractivity contribution in [3.05, 3.63) is 84.4 Å². The summed E-state index contributed by atoms with van der Waals surface area (Å²) in [5.74, 6) is 2.87. The summed E-state index contributed by atoms with van der Waals surface area (Å²) in [5, 5.41) is 0. The maximum atomic E-state index is 6.01. The van der Waals surface area contributed by atoms with Crippen LogP contribution in [0.3, 0.4) is 0 Å². The highest BCUT2D eigenvalue weighted by Gasteiger charge is 2.16. The van der Waals surface area contributed by atoms with Gasteiger partial charge in [0.2, 0.25) is 12.7 Å². The number of benzene rings is 3. The van der Waals surface area contributed by atoms with Gasteiger partial charge >= 0.3 is 0 Å². The van der Waals surface area contributed by atoms with Crippen molar-refractivity contribution >= 4 is 0 Å². The topological polar surface area (TPSA) is 53.7 Å². The number of oxazole rings is 1. The first-order valence-electron chi connectivity index (χ1n) is 9.40. The molecule has 5 nitrogen and oxygen atoms in total. The summed E-state index contributed by atoms with van der Waals surface area (Å²) in [6, 6.07) is 21.9. The van der Waals surface area contributed by atoms with E-state index in [0.29, 0.717) is 5.89 Å². The molecule has 5 rings (SSSR count). The van der Waals surface area contributed by atoms with Crippen LogP contribution in [0.1, 0.15) is 11.5 Å². The van der Waals surface area contributed by atoms with Gasteiger partial charge in [-0.2, -0.15) is 0 Å². The lowest BCUT2D eigenvalue weighted by molar-refractivity contribution is 0.174. The molecule has 0 saturated carbocycles. The van der Waals surface area contributed by atoms with Gasteiger partial charge in [-0.25, -0.2) is 4.98 Å². The third kappa shape index (κ3) is 3.43. The van der Waals surface area contributed by atoms with Crippen LogP contribution < -0.4 is 14.2 Å². The number of aromatic nitrogens is 1. The van der Waals surface area contributed by atoms with E-state index in [1.165, 1.54) is 0 Å². The minimum atomic E-state index is 0.262. The van der Waals surface area contributed by atoms with Crippen LogP contribution in [0.5, 0.6) is 17.2 Å². The van der Waals surface area contributed by atoms with Crippen LogP contribution in [0.25, 0.3) is 22.4 Å². The van der Waals surface area contributed by atoms with Crippen molar-refractivity contribution in [2.45, 2.75) is 13.5 Å². The Morgan fingerprint density at radius 2 is 1.76 bits per heavy atom. The first-order valence-corrected chi connectivity index (χ1v) is 9.40. The average molecular weight is 385 g/mol. The van der Waals surface area contributed by atoms with Crippen LogP contribution in [-0.2, 0) is 6.61 Å². The molecule has 0 saturated heterocycles. The zero-order valence-electron chi connectivity index (χ0n) is 15.9. The Kier molecular flexibility index (Phi) is 4.41. The van der Waals surface area contributed by atoms with Gasteiger partial charge in [-0.05, 0) is 41.8 Å². The Morgan fingerprint density at radius 3 is 2.66 bits per heavy atom. The van der Waals surface area contributed by atoms with Gasteiger partial charge in [-0.1, -0.05) is 48.5 Å². The van der Waals surface area contributed by atoms with E-state index in [0.717, 1.165) is 45.2 Å². The molecule has 0 atom stereocenters. The maximum absolute atomic E-state index is 6.01. The van der Waals surface area contributed by atoms with Crippen molar-refractivity contribution in [2.75, 3.05) is 6.79 Å². The highest BCUT2D eigenvalue weighted by molar-refractivity contribution is 5.72. The standard InChI is InChI=1S/C24H19NO4/c1-16-19(18-10-11-22-23(12-18)29-15-28-22)8-5-9-21(16)26-14-24-25-20(13-27-24)17-6-3-2-4-7-17/h2-13H,14-15H2,1H3. The molecule has 4 aromatic rings. The van der Waals surface area contributed by atoms with E-state index in [-0.39, 0.29) is 13.4 Å². The number of ether oxygens (including phenoxy) is 3. The molecule has 0 amide bonds. The monoisotopic (exact) mass is 385 g/mol. The molecule has 0 N–H and O–H groups in total. The fraction of sp³-hybridized carbons (Fsp3) is 0.125. The third-order valence-corrected chi connectivity index (χ3v) is 4.94. The van der Waals surface area contributed by atoms with Crippen LogP contribution in [0, 0.1) is 6.92 Å². The second-order valence-corrected chi connectivity index (χ2v) is 6.78. The number of hydrogen-bond donors (Lipinski definition) is 0. The van der Waals surface area contributed by atoms with E-state index >= 15 is 0 Å². The van der Waals surface area contributed by atoms with Gasteiger partial charge < -0.3 is 18.6 Å². The van der Waals surface area contributed by atoms with Crippen molar-refractivity contribution in [2.24, 2.45) is 0 Å². The molecule has 2 heterocycles. The molecule has 0 spiro atoms. The Bertz CT molecular complexity index is 1150. The summed E-state index contributed by atoms with van der Waals surface area (Å²) in [7, 11) is 0. The summed E-state index contributed by atoms with van der Waals surface area (Å²) >= 11 is 0.